The summed E-state index contributed by atoms with van der Waals surface area (Å²) in [6.07, 6.45) is 4.94. The van der Waals surface area contributed by atoms with Crippen molar-refractivity contribution < 1.29 is 9.53 Å². The Morgan fingerprint density at radius 1 is 1.47 bits per heavy atom. The molecule has 1 unspecified atom stereocenters. The van der Waals surface area contributed by atoms with Gasteiger partial charge in [0.05, 0.1) is 21.7 Å². The van der Waals surface area contributed by atoms with Crippen LogP contribution in [0.4, 0.5) is 10.7 Å². The molecule has 1 aliphatic carbocycles. The largest absolute Gasteiger partial charge is 0.397 e. The highest BCUT2D eigenvalue weighted by atomic mass is 32.1. The Morgan fingerprint density at radius 3 is 2.84 bits per heavy atom. The van der Waals surface area contributed by atoms with Gasteiger partial charge < -0.3 is 15.8 Å². The predicted octanol–water partition coefficient (Wildman–Crippen LogP) is 3.00. The van der Waals surface area contributed by atoms with Gasteiger partial charge in [-0.05, 0) is 31.6 Å². The zero-order chi connectivity index (χ0) is 13.4. The van der Waals surface area contributed by atoms with E-state index in [-0.39, 0.29) is 5.78 Å². The zero-order valence-corrected chi connectivity index (χ0v) is 12.0. The summed E-state index contributed by atoms with van der Waals surface area (Å²) in [5, 5.41) is 4.54. The van der Waals surface area contributed by atoms with Gasteiger partial charge in [0.2, 0.25) is 0 Å². The lowest BCUT2D eigenvalue weighted by Crippen LogP contribution is -2.18. The predicted molar refractivity (Wildman–Crippen MR) is 78.2 cm³/mol. The molecular weight excluding hydrogens is 260 g/mol. The number of thiophene rings is 1. The highest BCUT2D eigenvalue weighted by Gasteiger charge is 2.32. The number of nitrogen functional groups attached to an aromatic ring is 1. The van der Waals surface area contributed by atoms with Crippen molar-refractivity contribution in [3.63, 3.8) is 0 Å². The summed E-state index contributed by atoms with van der Waals surface area (Å²) < 4.78 is 5.62. The van der Waals surface area contributed by atoms with Crippen LogP contribution in [0.1, 0.15) is 53.8 Å². The molecule has 0 aromatic carbocycles. The Hall–Kier alpha value is -1.07. The average Bonchev–Trinajstić information content (AvgIpc) is 2.96. The zero-order valence-electron chi connectivity index (χ0n) is 11.2. The number of nitrogens with two attached hydrogens (primary N) is 1. The first-order chi connectivity index (χ1) is 9.16. The van der Waals surface area contributed by atoms with Crippen LogP contribution < -0.4 is 11.1 Å². The van der Waals surface area contributed by atoms with Gasteiger partial charge in [-0.25, -0.2) is 0 Å². The lowest BCUT2D eigenvalue weighted by atomic mass is 10.1. The van der Waals surface area contributed by atoms with Crippen LogP contribution >= 0.6 is 11.3 Å². The second kappa shape index (κ2) is 5.13. The molecule has 3 rings (SSSR count). The average molecular weight is 280 g/mol. The van der Waals surface area contributed by atoms with Crippen molar-refractivity contribution in [1.29, 1.82) is 0 Å². The monoisotopic (exact) mass is 280 g/mol. The Labute approximate surface area is 117 Å². The summed E-state index contributed by atoms with van der Waals surface area (Å²) in [6, 6.07) is 0. The molecule has 2 aliphatic rings. The van der Waals surface area contributed by atoms with E-state index >= 15 is 0 Å². The van der Waals surface area contributed by atoms with E-state index in [0.29, 0.717) is 22.6 Å². The Kier molecular flexibility index (Phi) is 3.50. The van der Waals surface area contributed by atoms with Gasteiger partial charge in [-0.15, -0.1) is 11.3 Å². The van der Waals surface area contributed by atoms with Gasteiger partial charge >= 0.3 is 0 Å². The smallest absolute Gasteiger partial charge is 0.171 e. The molecule has 2 heterocycles. The third kappa shape index (κ3) is 2.62. The minimum absolute atomic E-state index is 0.0644. The molecule has 0 spiro atoms. The van der Waals surface area contributed by atoms with E-state index in [1.807, 2.05) is 0 Å². The maximum Gasteiger partial charge on any atom is 0.171 e. The van der Waals surface area contributed by atoms with Gasteiger partial charge in [0.25, 0.3) is 0 Å². The van der Waals surface area contributed by atoms with Crippen molar-refractivity contribution in [1.82, 2.24) is 0 Å². The van der Waals surface area contributed by atoms with Crippen molar-refractivity contribution in [3.05, 3.63) is 10.4 Å². The van der Waals surface area contributed by atoms with E-state index in [4.69, 9.17) is 10.5 Å². The van der Waals surface area contributed by atoms with E-state index in [9.17, 15) is 4.79 Å². The molecule has 0 radical (unpaired) electrons. The number of anilines is 2. The highest BCUT2D eigenvalue weighted by Crippen LogP contribution is 2.50. The van der Waals surface area contributed by atoms with Crippen LogP contribution in [-0.2, 0) is 4.74 Å². The van der Waals surface area contributed by atoms with Crippen LogP contribution in [0.3, 0.4) is 0 Å². The SMILES string of the molecule is CC(=O)c1sc(NCC2CCCO2)c(C2CC2)c1N. The molecule has 4 nitrogen and oxygen atoms in total. The van der Waals surface area contributed by atoms with Gasteiger partial charge in [-0.2, -0.15) is 0 Å². The lowest BCUT2D eigenvalue weighted by molar-refractivity contribution is 0.102. The number of carbonyl (C=O) groups is 1. The fourth-order valence-corrected chi connectivity index (χ4v) is 3.75. The Balaban J connectivity index is 1.78. The summed E-state index contributed by atoms with van der Waals surface area (Å²) in [6.45, 7) is 3.27. The summed E-state index contributed by atoms with van der Waals surface area (Å²) in [5.41, 5.74) is 8.03. The molecule has 3 N–H and O–H groups in total. The van der Waals surface area contributed by atoms with Crippen LogP contribution in [0.15, 0.2) is 0 Å². The van der Waals surface area contributed by atoms with E-state index in [0.717, 1.165) is 31.0 Å². The minimum atomic E-state index is 0.0644. The van der Waals surface area contributed by atoms with Crippen LogP contribution in [0.2, 0.25) is 0 Å². The lowest BCUT2D eigenvalue weighted by Gasteiger charge is -2.12. The Morgan fingerprint density at radius 2 is 2.26 bits per heavy atom. The van der Waals surface area contributed by atoms with Gasteiger partial charge in [0.1, 0.15) is 0 Å². The van der Waals surface area contributed by atoms with Crippen molar-refractivity contribution in [3.8, 4) is 0 Å². The third-order valence-corrected chi connectivity index (χ3v) is 5.08. The van der Waals surface area contributed by atoms with Gasteiger partial charge in [0.15, 0.2) is 5.78 Å². The molecule has 19 heavy (non-hydrogen) atoms. The second-order valence-corrected chi connectivity index (χ2v) is 6.45. The minimum Gasteiger partial charge on any atom is -0.397 e. The number of ether oxygens (including phenoxy) is 1. The van der Waals surface area contributed by atoms with Crippen LogP contribution in [0.5, 0.6) is 0 Å². The molecule has 2 fully saturated rings. The fourth-order valence-electron chi connectivity index (χ4n) is 2.64. The normalized spacial score (nSPS) is 22.7. The van der Waals surface area contributed by atoms with E-state index < -0.39 is 0 Å². The maximum atomic E-state index is 11.6. The first-order valence-electron chi connectivity index (χ1n) is 6.95. The number of nitrogens with one attached hydrogen (secondary N) is 1. The molecule has 1 aromatic rings. The molecule has 0 bridgehead atoms. The van der Waals surface area contributed by atoms with Gasteiger partial charge in [-0.1, -0.05) is 0 Å². The molecule has 104 valence electrons. The standard InChI is InChI=1S/C14H20N2O2S/c1-8(17)13-12(15)11(9-4-5-9)14(19-13)16-7-10-3-2-6-18-10/h9-10,16H,2-7,15H2,1H3. The van der Waals surface area contributed by atoms with Gasteiger partial charge in [-0.3, -0.25) is 4.79 Å². The maximum absolute atomic E-state index is 11.6. The fraction of sp³-hybridized carbons (Fsp3) is 0.643. The topological polar surface area (TPSA) is 64.3 Å². The van der Waals surface area contributed by atoms with E-state index in [2.05, 4.69) is 5.32 Å². The summed E-state index contributed by atoms with van der Waals surface area (Å²) in [7, 11) is 0. The quantitative estimate of drug-likeness (QED) is 0.814. The van der Waals surface area contributed by atoms with Crippen molar-refractivity contribution in [2.45, 2.75) is 44.6 Å². The highest BCUT2D eigenvalue weighted by molar-refractivity contribution is 7.18. The first kappa shape index (κ1) is 12.9. The molecule has 1 atom stereocenters. The van der Waals surface area contributed by atoms with Crippen LogP contribution in [0, 0.1) is 0 Å². The molecule has 1 saturated carbocycles. The van der Waals surface area contributed by atoms with Crippen molar-refractivity contribution in [2.75, 3.05) is 24.2 Å². The number of Topliss-reactive ketones (excluding diaryl/α,β-unsaturated/α-hetero) is 1. The van der Waals surface area contributed by atoms with Crippen LogP contribution in [-0.4, -0.2) is 25.0 Å². The van der Waals surface area contributed by atoms with Crippen LogP contribution in [0.25, 0.3) is 0 Å². The third-order valence-electron chi connectivity index (χ3n) is 3.80. The summed E-state index contributed by atoms with van der Waals surface area (Å²) >= 11 is 1.50. The molecule has 5 heteroatoms. The molecule has 1 aliphatic heterocycles. The van der Waals surface area contributed by atoms with Crippen molar-refractivity contribution in [2.24, 2.45) is 0 Å². The molecule has 1 aromatic heterocycles. The number of ketones is 1. The number of hydrogen-bond acceptors (Lipinski definition) is 5. The van der Waals surface area contributed by atoms with Gasteiger partial charge in [0, 0.05) is 25.6 Å². The molecular formula is C14H20N2O2S. The number of carbonyl (C=O) groups excluding carboxylic acids is 1. The molecule has 1 saturated heterocycles. The number of rotatable bonds is 5. The first-order valence-corrected chi connectivity index (χ1v) is 7.77. The molecule has 0 amide bonds. The second-order valence-electron chi connectivity index (χ2n) is 5.43. The van der Waals surface area contributed by atoms with Crippen molar-refractivity contribution >= 4 is 27.8 Å². The summed E-state index contributed by atoms with van der Waals surface area (Å²) in [5.74, 6) is 0.617. The summed E-state index contributed by atoms with van der Waals surface area (Å²) in [4.78, 5) is 12.3. The van der Waals surface area contributed by atoms with E-state index in [1.165, 1.54) is 29.7 Å². The Bertz CT molecular complexity index is 488. The number of hydrogen-bond donors (Lipinski definition) is 2. The van der Waals surface area contributed by atoms with E-state index in [1.54, 1.807) is 6.92 Å².